The van der Waals surface area contributed by atoms with Crippen LogP contribution in [0.2, 0.25) is 0 Å². The summed E-state index contributed by atoms with van der Waals surface area (Å²) in [5.74, 6) is 0. The van der Waals surface area contributed by atoms with Crippen LogP contribution in [0.3, 0.4) is 0 Å². The zero-order valence-corrected chi connectivity index (χ0v) is 10.8. The van der Waals surface area contributed by atoms with Gasteiger partial charge < -0.3 is 10.6 Å². The van der Waals surface area contributed by atoms with Crippen LogP contribution >= 0.6 is 11.8 Å². The van der Waals surface area contributed by atoms with E-state index in [0.717, 1.165) is 11.4 Å². The predicted molar refractivity (Wildman–Crippen MR) is 76.1 cm³/mol. The average Bonchev–Trinajstić information content (AvgIpc) is 2.39. The molecule has 0 saturated carbocycles. The number of benzene rings is 2. The molecule has 0 aliphatic carbocycles. The molecular formula is C14H16N2S. The number of hydrogen-bond acceptors (Lipinski definition) is 3. The maximum atomic E-state index is 3.15. The Bertz CT molecular complexity index is 452. The molecular weight excluding hydrogens is 228 g/mol. The highest BCUT2D eigenvalue weighted by Gasteiger charge is 1.99. The molecule has 17 heavy (non-hydrogen) atoms. The fraction of sp³-hybridized carbons (Fsp3) is 0.143. The molecule has 0 radical (unpaired) electrons. The Hall–Kier alpha value is -1.61. The van der Waals surface area contributed by atoms with E-state index in [-0.39, 0.29) is 0 Å². The van der Waals surface area contributed by atoms with Gasteiger partial charge in [-0.2, -0.15) is 0 Å². The number of rotatable bonds is 4. The lowest BCUT2D eigenvalue weighted by atomic mass is 10.3. The highest BCUT2D eigenvalue weighted by molar-refractivity contribution is 7.99. The lowest BCUT2D eigenvalue weighted by molar-refractivity contribution is 1.37. The van der Waals surface area contributed by atoms with Gasteiger partial charge in [0.1, 0.15) is 0 Å². The van der Waals surface area contributed by atoms with Crippen LogP contribution in [-0.4, -0.2) is 14.1 Å². The van der Waals surface area contributed by atoms with Crippen LogP contribution in [0, 0.1) is 0 Å². The van der Waals surface area contributed by atoms with Gasteiger partial charge in [-0.25, -0.2) is 0 Å². The molecule has 3 heteroatoms. The minimum atomic E-state index is 1.14. The van der Waals surface area contributed by atoms with Crippen LogP contribution in [0.5, 0.6) is 0 Å². The second kappa shape index (κ2) is 5.64. The van der Waals surface area contributed by atoms with E-state index in [4.69, 9.17) is 0 Å². The van der Waals surface area contributed by atoms with E-state index in [1.54, 1.807) is 11.8 Å². The summed E-state index contributed by atoms with van der Waals surface area (Å²) in [7, 11) is 3.87. The molecule has 0 amide bonds. The van der Waals surface area contributed by atoms with E-state index in [1.807, 2.05) is 14.1 Å². The summed E-state index contributed by atoms with van der Waals surface area (Å²) in [6, 6.07) is 16.8. The summed E-state index contributed by atoms with van der Waals surface area (Å²) in [6.07, 6.45) is 0. The third-order valence-electron chi connectivity index (χ3n) is 2.48. The molecule has 0 aromatic heterocycles. The average molecular weight is 244 g/mol. The van der Waals surface area contributed by atoms with Gasteiger partial charge in [-0.3, -0.25) is 0 Å². The summed E-state index contributed by atoms with van der Waals surface area (Å²) in [4.78, 5) is 2.48. The summed E-state index contributed by atoms with van der Waals surface area (Å²) in [5, 5.41) is 6.30. The van der Waals surface area contributed by atoms with E-state index < -0.39 is 0 Å². The molecule has 2 N–H and O–H groups in total. The van der Waals surface area contributed by atoms with Crippen LogP contribution in [0.25, 0.3) is 0 Å². The van der Waals surface area contributed by atoms with Crippen molar-refractivity contribution in [2.75, 3.05) is 24.7 Å². The van der Waals surface area contributed by atoms with E-state index in [9.17, 15) is 0 Å². The van der Waals surface area contributed by atoms with Crippen molar-refractivity contribution < 1.29 is 0 Å². The number of hydrogen-bond donors (Lipinski definition) is 2. The molecule has 2 aromatic carbocycles. The maximum absolute atomic E-state index is 3.15. The molecule has 0 atom stereocenters. The molecule has 0 saturated heterocycles. The van der Waals surface area contributed by atoms with Crippen LogP contribution < -0.4 is 10.6 Å². The SMILES string of the molecule is CNc1cccc(Sc2cccc(NC)c2)c1. The zero-order valence-electron chi connectivity index (χ0n) is 10.0. The smallest absolute Gasteiger partial charge is 0.0348 e. The van der Waals surface area contributed by atoms with Gasteiger partial charge in [0.25, 0.3) is 0 Å². The monoisotopic (exact) mass is 244 g/mol. The summed E-state index contributed by atoms with van der Waals surface area (Å²) < 4.78 is 0. The van der Waals surface area contributed by atoms with Crippen molar-refractivity contribution in [1.29, 1.82) is 0 Å². The van der Waals surface area contributed by atoms with Crippen LogP contribution in [0.4, 0.5) is 11.4 Å². The fourth-order valence-electron chi connectivity index (χ4n) is 1.57. The van der Waals surface area contributed by atoms with E-state index in [0.29, 0.717) is 0 Å². The predicted octanol–water partition coefficient (Wildman–Crippen LogP) is 3.92. The molecule has 2 nitrogen and oxygen atoms in total. The standard InChI is InChI=1S/C14H16N2S/c1-15-11-5-3-7-13(9-11)17-14-8-4-6-12(10-14)16-2/h3-10,15-16H,1-2H3. The van der Waals surface area contributed by atoms with Crippen molar-refractivity contribution in [1.82, 2.24) is 0 Å². The minimum Gasteiger partial charge on any atom is -0.388 e. The highest BCUT2D eigenvalue weighted by atomic mass is 32.2. The van der Waals surface area contributed by atoms with E-state index in [2.05, 4.69) is 59.2 Å². The summed E-state index contributed by atoms with van der Waals surface area (Å²) >= 11 is 1.77. The molecule has 0 fully saturated rings. The van der Waals surface area contributed by atoms with Gasteiger partial charge in [-0.15, -0.1) is 0 Å². The fourth-order valence-corrected chi connectivity index (χ4v) is 2.50. The highest BCUT2D eigenvalue weighted by Crippen LogP contribution is 2.30. The molecule has 0 aliphatic rings. The third kappa shape index (κ3) is 3.17. The van der Waals surface area contributed by atoms with Gasteiger partial charge in [0.15, 0.2) is 0 Å². The van der Waals surface area contributed by atoms with Crippen molar-refractivity contribution in [2.24, 2.45) is 0 Å². The molecule has 0 aliphatic heterocycles. The van der Waals surface area contributed by atoms with Gasteiger partial charge >= 0.3 is 0 Å². The van der Waals surface area contributed by atoms with Gasteiger partial charge in [0.05, 0.1) is 0 Å². The normalized spacial score (nSPS) is 10.0. The first-order chi connectivity index (χ1) is 8.31. The molecule has 2 aromatic rings. The second-order valence-electron chi connectivity index (χ2n) is 3.66. The van der Waals surface area contributed by atoms with Crippen LogP contribution in [-0.2, 0) is 0 Å². The van der Waals surface area contributed by atoms with E-state index in [1.165, 1.54) is 9.79 Å². The minimum absolute atomic E-state index is 1.14. The first-order valence-electron chi connectivity index (χ1n) is 5.55. The Labute approximate surface area is 106 Å². The third-order valence-corrected chi connectivity index (χ3v) is 3.46. The van der Waals surface area contributed by atoms with Crippen molar-refractivity contribution >= 4 is 23.1 Å². The molecule has 0 unspecified atom stereocenters. The molecule has 0 heterocycles. The largest absolute Gasteiger partial charge is 0.388 e. The Morgan fingerprint density at radius 1 is 0.765 bits per heavy atom. The van der Waals surface area contributed by atoms with Gasteiger partial charge in [0, 0.05) is 35.3 Å². The Kier molecular flexibility index (Phi) is 3.94. The molecule has 0 spiro atoms. The van der Waals surface area contributed by atoms with Crippen molar-refractivity contribution in [3.05, 3.63) is 48.5 Å². The molecule has 88 valence electrons. The molecule has 2 rings (SSSR count). The van der Waals surface area contributed by atoms with Crippen LogP contribution in [0.15, 0.2) is 58.3 Å². The first-order valence-corrected chi connectivity index (χ1v) is 6.37. The van der Waals surface area contributed by atoms with Crippen LogP contribution in [0.1, 0.15) is 0 Å². The van der Waals surface area contributed by atoms with Gasteiger partial charge in [-0.05, 0) is 36.4 Å². The lowest BCUT2D eigenvalue weighted by Gasteiger charge is -2.06. The quantitative estimate of drug-likeness (QED) is 0.852. The topological polar surface area (TPSA) is 24.1 Å². The lowest BCUT2D eigenvalue weighted by Crippen LogP contribution is -1.88. The maximum Gasteiger partial charge on any atom is 0.0348 e. The van der Waals surface area contributed by atoms with Gasteiger partial charge in [-0.1, -0.05) is 23.9 Å². The number of anilines is 2. The Morgan fingerprint density at radius 2 is 1.24 bits per heavy atom. The van der Waals surface area contributed by atoms with Gasteiger partial charge in [0.2, 0.25) is 0 Å². The summed E-state index contributed by atoms with van der Waals surface area (Å²) in [5.41, 5.74) is 2.28. The second-order valence-corrected chi connectivity index (χ2v) is 4.80. The Morgan fingerprint density at radius 3 is 1.65 bits per heavy atom. The zero-order chi connectivity index (χ0) is 12.1. The van der Waals surface area contributed by atoms with Crippen molar-refractivity contribution in [3.63, 3.8) is 0 Å². The van der Waals surface area contributed by atoms with Crippen molar-refractivity contribution in [3.8, 4) is 0 Å². The summed E-state index contributed by atoms with van der Waals surface area (Å²) in [6.45, 7) is 0. The number of nitrogens with one attached hydrogen (secondary N) is 2. The Balaban J connectivity index is 2.18. The molecule has 0 bridgehead atoms. The van der Waals surface area contributed by atoms with Crippen molar-refractivity contribution in [2.45, 2.75) is 9.79 Å². The first kappa shape index (κ1) is 11.9. The van der Waals surface area contributed by atoms with E-state index >= 15 is 0 Å².